The van der Waals surface area contributed by atoms with Crippen molar-refractivity contribution in [2.45, 2.75) is 32.3 Å². The SMILES string of the molecule is CCCOc1cncc(C(O)CCCCl)c1. The second kappa shape index (κ2) is 7.47. The minimum Gasteiger partial charge on any atom is -0.492 e. The fourth-order valence-electron chi connectivity index (χ4n) is 1.35. The summed E-state index contributed by atoms with van der Waals surface area (Å²) in [6.07, 6.45) is 5.23. The van der Waals surface area contributed by atoms with Crippen LogP contribution in [0.25, 0.3) is 0 Å². The molecule has 0 bridgehead atoms. The Morgan fingerprint density at radius 3 is 3.00 bits per heavy atom. The zero-order valence-corrected chi connectivity index (χ0v) is 10.3. The highest BCUT2D eigenvalue weighted by atomic mass is 35.5. The van der Waals surface area contributed by atoms with Crippen LogP contribution < -0.4 is 4.74 Å². The number of rotatable bonds is 7. The van der Waals surface area contributed by atoms with Crippen LogP contribution in [0.5, 0.6) is 5.75 Å². The minimum absolute atomic E-state index is 0.503. The van der Waals surface area contributed by atoms with Gasteiger partial charge in [0, 0.05) is 17.6 Å². The molecule has 0 aliphatic carbocycles. The van der Waals surface area contributed by atoms with E-state index in [4.69, 9.17) is 16.3 Å². The lowest BCUT2D eigenvalue weighted by Gasteiger charge is -2.11. The molecule has 0 fully saturated rings. The molecule has 0 aliphatic heterocycles. The first-order chi connectivity index (χ1) is 7.77. The molecule has 1 aromatic heterocycles. The number of alkyl halides is 1. The van der Waals surface area contributed by atoms with Crippen LogP contribution in [0.1, 0.15) is 37.9 Å². The average Bonchev–Trinajstić information content (AvgIpc) is 2.33. The lowest BCUT2D eigenvalue weighted by molar-refractivity contribution is 0.165. The molecular formula is C12H18ClNO2. The van der Waals surface area contributed by atoms with E-state index in [9.17, 15) is 5.11 Å². The van der Waals surface area contributed by atoms with E-state index in [-0.39, 0.29) is 0 Å². The minimum atomic E-state index is -0.503. The number of halogens is 1. The number of hydrogen-bond donors (Lipinski definition) is 1. The van der Waals surface area contributed by atoms with Crippen LogP contribution >= 0.6 is 11.6 Å². The van der Waals surface area contributed by atoms with Crippen molar-refractivity contribution >= 4 is 11.6 Å². The van der Waals surface area contributed by atoms with E-state index in [0.717, 1.165) is 18.4 Å². The number of hydrogen-bond acceptors (Lipinski definition) is 3. The highest BCUT2D eigenvalue weighted by molar-refractivity contribution is 6.17. The molecule has 4 heteroatoms. The summed E-state index contributed by atoms with van der Waals surface area (Å²) in [5.41, 5.74) is 0.790. The maximum atomic E-state index is 9.85. The first-order valence-electron chi connectivity index (χ1n) is 5.59. The molecule has 0 saturated carbocycles. The van der Waals surface area contributed by atoms with Crippen LogP contribution in [0.2, 0.25) is 0 Å². The molecule has 1 unspecified atom stereocenters. The van der Waals surface area contributed by atoms with Crippen molar-refractivity contribution < 1.29 is 9.84 Å². The third kappa shape index (κ3) is 4.37. The number of aliphatic hydroxyl groups excluding tert-OH is 1. The summed E-state index contributed by atoms with van der Waals surface area (Å²) in [6, 6.07) is 1.83. The van der Waals surface area contributed by atoms with Crippen molar-refractivity contribution in [2.75, 3.05) is 12.5 Å². The Hall–Kier alpha value is -0.800. The molecule has 90 valence electrons. The number of ether oxygens (including phenoxy) is 1. The molecule has 1 heterocycles. The molecule has 1 N–H and O–H groups in total. The van der Waals surface area contributed by atoms with Crippen LogP contribution in [-0.4, -0.2) is 22.6 Å². The Kier molecular flexibility index (Phi) is 6.19. The van der Waals surface area contributed by atoms with Gasteiger partial charge in [-0.1, -0.05) is 6.92 Å². The molecule has 0 radical (unpaired) electrons. The molecule has 3 nitrogen and oxygen atoms in total. The number of nitrogens with zero attached hydrogens (tertiary/aromatic N) is 1. The number of aromatic nitrogens is 1. The Balaban J connectivity index is 2.58. The van der Waals surface area contributed by atoms with Crippen molar-refractivity contribution in [3.63, 3.8) is 0 Å². The summed E-state index contributed by atoms with van der Waals surface area (Å²) in [4.78, 5) is 4.05. The molecule has 1 rings (SSSR count). The lowest BCUT2D eigenvalue weighted by Crippen LogP contribution is -2.01. The summed E-state index contributed by atoms with van der Waals surface area (Å²) in [7, 11) is 0. The molecule has 0 aromatic carbocycles. The van der Waals surface area contributed by atoms with Crippen molar-refractivity contribution in [3.05, 3.63) is 24.0 Å². The van der Waals surface area contributed by atoms with Crippen LogP contribution in [0.3, 0.4) is 0 Å². The third-order valence-corrected chi connectivity index (χ3v) is 2.47. The maximum absolute atomic E-state index is 9.85. The maximum Gasteiger partial charge on any atom is 0.137 e. The van der Waals surface area contributed by atoms with Gasteiger partial charge in [0.2, 0.25) is 0 Å². The highest BCUT2D eigenvalue weighted by Gasteiger charge is 2.08. The largest absolute Gasteiger partial charge is 0.492 e. The molecule has 1 aromatic rings. The van der Waals surface area contributed by atoms with E-state index in [0.29, 0.717) is 24.7 Å². The van der Waals surface area contributed by atoms with Gasteiger partial charge in [0.25, 0.3) is 0 Å². The van der Waals surface area contributed by atoms with Gasteiger partial charge in [-0.2, -0.15) is 0 Å². The number of aliphatic hydroxyl groups is 1. The Morgan fingerprint density at radius 2 is 2.31 bits per heavy atom. The summed E-state index contributed by atoms with van der Waals surface area (Å²) in [5.74, 6) is 1.28. The zero-order chi connectivity index (χ0) is 11.8. The van der Waals surface area contributed by atoms with E-state index in [1.165, 1.54) is 0 Å². The third-order valence-electron chi connectivity index (χ3n) is 2.20. The monoisotopic (exact) mass is 243 g/mol. The van der Waals surface area contributed by atoms with Gasteiger partial charge in [-0.05, 0) is 25.3 Å². The fourth-order valence-corrected chi connectivity index (χ4v) is 1.51. The quantitative estimate of drug-likeness (QED) is 0.749. The predicted octanol–water partition coefficient (Wildman–Crippen LogP) is 2.92. The van der Waals surface area contributed by atoms with Gasteiger partial charge in [0.1, 0.15) is 5.75 Å². The average molecular weight is 244 g/mol. The van der Waals surface area contributed by atoms with E-state index in [1.54, 1.807) is 12.4 Å². The van der Waals surface area contributed by atoms with Crippen molar-refractivity contribution in [3.8, 4) is 5.75 Å². The Labute approximate surface area is 101 Å². The first-order valence-corrected chi connectivity index (χ1v) is 6.13. The van der Waals surface area contributed by atoms with Gasteiger partial charge >= 0.3 is 0 Å². The van der Waals surface area contributed by atoms with Gasteiger partial charge in [-0.3, -0.25) is 4.98 Å². The fraction of sp³-hybridized carbons (Fsp3) is 0.583. The van der Waals surface area contributed by atoms with Gasteiger partial charge in [-0.25, -0.2) is 0 Å². The van der Waals surface area contributed by atoms with E-state index in [2.05, 4.69) is 4.98 Å². The lowest BCUT2D eigenvalue weighted by atomic mass is 10.1. The second-order valence-corrected chi connectivity index (χ2v) is 4.03. The number of pyridine rings is 1. The molecule has 0 saturated heterocycles. The van der Waals surface area contributed by atoms with Gasteiger partial charge < -0.3 is 9.84 Å². The topological polar surface area (TPSA) is 42.4 Å². The molecule has 0 amide bonds. The van der Waals surface area contributed by atoms with Gasteiger partial charge in [0.05, 0.1) is 18.9 Å². The first kappa shape index (κ1) is 13.3. The summed E-state index contributed by atoms with van der Waals surface area (Å²) in [5, 5.41) is 9.85. The molecule has 1 atom stereocenters. The smallest absolute Gasteiger partial charge is 0.137 e. The highest BCUT2D eigenvalue weighted by Crippen LogP contribution is 2.21. The zero-order valence-electron chi connectivity index (χ0n) is 9.53. The van der Waals surface area contributed by atoms with Crippen LogP contribution in [0, 0.1) is 0 Å². The summed E-state index contributed by atoms with van der Waals surface area (Å²) < 4.78 is 5.45. The molecular weight excluding hydrogens is 226 g/mol. The van der Waals surface area contributed by atoms with Crippen molar-refractivity contribution in [2.24, 2.45) is 0 Å². The summed E-state index contributed by atoms with van der Waals surface area (Å²) >= 11 is 5.58. The van der Waals surface area contributed by atoms with Gasteiger partial charge in [0.15, 0.2) is 0 Å². The van der Waals surface area contributed by atoms with E-state index in [1.807, 2.05) is 13.0 Å². The van der Waals surface area contributed by atoms with Crippen molar-refractivity contribution in [1.82, 2.24) is 4.98 Å². The van der Waals surface area contributed by atoms with Gasteiger partial charge in [-0.15, -0.1) is 11.6 Å². The Bertz CT molecular complexity index is 307. The predicted molar refractivity (Wildman–Crippen MR) is 64.9 cm³/mol. The summed E-state index contributed by atoms with van der Waals surface area (Å²) in [6.45, 7) is 2.72. The molecule has 16 heavy (non-hydrogen) atoms. The van der Waals surface area contributed by atoms with Crippen LogP contribution in [-0.2, 0) is 0 Å². The van der Waals surface area contributed by atoms with Crippen LogP contribution in [0.4, 0.5) is 0 Å². The van der Waals surface area contributed by atoms with E-state index >= 15 is 0 Å². The molecule has 0 aliphatic rings. The standard InChI is InChI=1S/C12H18ClNO2/c1-2-6-16-11-7-10(8-14-9-11)12(15)4-3-5-13/h7-9,12,15H,2-6H2,1H3. The van der Waals surface area contributed by atoms with Crippen LogP contribution in [0.15, 0.2) is 18.5 Å². The van der Waals surface area contributed by atoms with E-state index < -0.39 is 6.10 Å². The normalized spacial score (nSPS) is 12.4. The second-order valence-electron chi connectivity index (χ2n) is 3.65. The molecule has 0 spiro atoms. The van der Waals surface area contributed by atoms with Crippen molar-refractivity contribution in [1.29, 1.82) is 0 Å². The Morgan fingerprint density at radius 1 is 1.50 bits per heavy atom.